The molecule has 0 aliphatic heterocycles. The van der Waals surface area contributed by atoms with Crippen LogP contribution < -0.4 is 4.74 Å². The van der Waals surface area contributed by atoms with Gasteiger partial charge in [0.05, 0.1) is 11.7 Å². The summed E-state index contributed by atoms with van der Waals surface area (Å²) < 4.78 is 21.0. The Morgan fingerprint density at radius 1 is 1.25 bits per heavy atom. The SMILES string of the molecule is CCC(CC)n1ccc(COc2ccc(C)c(F)c2)n1. The molecule has 0 atom stereocenters. The molecule has 1 aromatic carbocycles. The van der Waals surface area contributed by atoms with Crippen molar-refractivity contribution in [2.24, 2.45) is 0 Å². The van der Waals surface area contributed by atoms with Crippen LogP contribution in [0.2, 0.25) is 0 Å². The molecule has 108 valence electrons. The Kier molecular flexibility index (Phi) is 4.77. The van der Waals surface area contributed by atoms with Crippen LogP contribution in [0.25, 0.3) is 0 Å². The number of hydrogen-bond acceptors (Lipinski definition) is 2. The third kappa shape index (κ3) is 3.38. The summed E-state index contributed by atoms with van der Waals surface area (Å²) in [6, 6.07) is 7.28. The highest BCUT2D eigenvalue weighted by Crippen LogP contribution is 2.18. The minimum absolute atomic E-state index is 0.245. The van der Waals surface area contributed by atoms with Crippen molar-refractivity contribution in [2.75, 3.05) is 0 Å². The van der Waals surface area contributed by atoms with Crippen LogP contribution in [-0.2, 0) is 6.61 Å². The molecular formula is C16H21FN2O. The first-order valence-corrected chi connectivity index (χ1v) is 7.07. The van der Waals surface area contributed by atoms with Gasteiger partial charge < -0.3 is 4.74 Å². The molecule has 0 spiro atoms. The first kappa shape index (κ1) is 14.6. The van der Waals surface area contributed by atoms with Gasteiger partial charge in [0.2, 0.25) is 0 Å². The van der Waals surface area contributed by atoms with Gasteiger partial charge >= 0.3 is 0 Å². The van der Waals surface area contributed by atoms with E-state index >= 15 is 0 Å². The zero-order valence-electron chi connectivity index (χ0n) is 12.3. The molecule has 0 fully saturated rings. The normalized spacial score (nSPS) is 11.1. The molecule has 3 nitrogen and oxygen atoms in total. The van der Waals surface area contributed by atoms with Gasteiger partial charge in [0, 0.05) is 12.3 Å². The number of rotatable bonds is 6. The second-order valence-electron chi connectivity index (χ2n) is 4.96. The molecule has 0 N–H and O–H groups in total. The Morgan fingerprint density at radius 3 is 2.65 bits per heavy atom. The topological polar surface area (TPSA) is 27.1 Å². The second kappa shape index (κ2) is 6.55. The third-order valence-corrected chi connectivity index (χ3v) is 3.51. The average Bonchev–Trinajstić information content (AvgIpc) is 2.90. The van der Waals surface area contributed by atoms with Gasteiger partial charge in [0.1, 0.15) is 18.2 Å². The van der Waals surface area contributed by atoms with E-state index in [0.29, 0.717) is 24.0 Å². The molecule has 1 aromatic heterocycles. The lowest BCUT2D eigenvalue weighted by molar-refractivity contribution is 0.295. The van der Waals surface area contributed by atoms with Crippen LogP contribution in [0, 0.1) is 12.7 Å². The summed E-state index contributed by atoms with van der Waals surface area (Å²) in [5.74, 6) is 0.287. The molecule has 0 radical (unpaired) electrons. The zero-order valence-corrected chi connectivity index (χ0v) is 12.3. The first-order valence-electron chi connectivity index (χ1n) is 7.07. The average molecular weight is 276 g/mol. The molecule has 0 aliphatic carbocycles. The van der Waals surface area contributed by atoms with Crippen LogP contribution in [0.15, 0.2) is 30.5 Å². The van der Waals surface area contributed by atoms with Crippen molar-refractivity contribution in [3.63, 3.8) is 0 Å². The van der Waals surface area contributed by atoms with Crippen molar-refractivity contribution in [1.29, 1.82) is 0 Å². The molecule has 0 aliphatic rings. The molecule has 0 saturated carbocycles. The molecular weight excluding hydrogens is 255 g/mol. The third-order valence-electron chi connectivity index (χ3n) is 3.51. The van der Waals surface area contributed by atoms with Gasteiger partial charge in [-0.2, -0.15) is 5.10 Å². The maximum Gasteiger partial charge on any atom is 0.132 e. The fraction of sp³-hybridized carbons (Fsp3) is 0.438. The number of nitrogens with zero attached hydrogens (tertiary/aromatic N) is 2. The van der Waals surface area contributed by atoms with Crippen molar-refractivity contribution in [3.05, 3.63) is 47.5 Å². The molecule has 0 bridgehead atoms. The number of halogens is 1. The highest BCUT2D eigenvalue weighted by atomic mass is 19.1. The van der Waals surface area contributed by atoms with Crippen molar-refractivity contribution in [3.8, 4) is 5.75 Å². The summed E-state index contributed by atoms with van der Waals surface area (Å²) in [7, 11) is 0. The summed E-state index contributed by atoms with van der Waals surface area (Å²) in [6.07, 6.45) is 4.09. The van der Waals surface area contributed by atoms with Crippen molar-refractivity contribution < 1.29 is 9.13 Å². The maximum absolute atomic E-state index is 13.4. The number of benzene rings is 1. The minimum atomic E-state index is -0.245. The van der Waals surface area contributed by atoms with E-state index in [1.807, 2.05) is 16.9 Å². The van der Waals surface area contributed by atoms with Crippen LogP contribution >= 0.6 is 0 Å². The molecule has 2 rings (SSSR count). The van der Waals surface area contributed by atoms with Crippen LogP contribution in [-0.4, -0.2) is 9.78 Å². The fourth-order valence-corrected chi connectivity index (χ4v) is 2.14. The first-order chi connectivity index (χ1) is 9.63. The van der Waals surface area contributed by atoms with Crippen LogP contribution in [0.1, 0.15) is 44.0 Å². The van der Waals surface area contributed by atoms with E-state index in [9.17, 15) is 4.39 Å². The lowest BCUT2D eigenvalue weighted by atomic mass is 10.2. The van der Waals surface area contributed by atoms with Crippen molar-refractivity contribution in [1.82, 2.24) is 9.78 Å². The Bertz CT molecular complexity index is 561. The summed E-state index contributed by atoms with van der Waals surface area (Å²) in [5.41, 5.74) is 1.48. The monoisotopic (exact) mass is 276 g/mol. The second-order valence-corrected chi connectivity index (χ2v) is 4.96. The molecule has 4 heteroatoms. The van der Waals surface area contributed by atoms with Gasteiger partial charge in [-0.05, 0) is 37.5 Å². The van der Waals surface area contributed by atoms with Crippen LogP contribution in [0.3, 0.4) is 0 Å². The molecule has 0 unspecified atom stereocenters. The summed E-state index contributed by atoms with van der Waals surface area (Å²) in [6.45, 7) is 6.40. The van der Waals surface area contributed by atoms with E-state index < -0.39 is 0 Å². The van der Waals surface area contributed by atoms with Gasteiger partial charge in [0.25, 0.3) is 0 Å². The van der Waals surface area contributed by atoms with Gasteiger partial charge in [-0.25, -0.2) is 4.39 Å². The Hall–Kier alpha value is -1.84. The quantitative estimate of drug-likeness (QED) is 0.787. The summed E-state index contributed by atoms with van der Waals surface area (Å²) in [4.78, 5) is 0. The number of aromatic nitrogens is 2. The Labute approximate surface area is 119 Å². The van der Waals surface area contributed by atoms with E-state index in [0.717, 1.165) is 18.5 Å². The minimum Gasteiger partial charge on any atom is -0.487 e. The molecule has 2 aromatic rings. The largest absolute Gasteiger partial charge is 0.487 e. The Morgan fingerprint density at radius 2 is 2.00 bits per heavy atom. The van der Waals surface area contributed by atoms with Crippen molar-refractivity contribution >= 4 is 0 Å². The van der Waals surface area contributed by atoms with Crippen LogP contribution in [0.4, 0.5) is 4.39 Å². The number of hydrogen-bond donors (Lipinski definition) is 0. The van der Waals surface area contributed by atoms with E-state index in [2.05, 4.69) is 18.9 Å². The molecule has 0 amide bonds. The number of ether oxygens (including phenoxy) is 1. The highest BCUT2D eigenvalue weighted by Gasteiger charge is 2.08. The van der Waals surface area contributed by atoms with E-state index in [1.54, 1.807) is 19.1 Å². The zero-order chi connectivity index (χ0) is 14.5. The lowest BCUT2D eigenvalue weighted by Crippen LogP contribution is -2.08. The van der Waals surface area contributed by atoms with Gasteiger partial charge in [0.15, 0.2) is 0 Å². The molecule has 20 heavy (non-hydrogen) atoms. The molecule has 0 saturated heterocycles. The lowest BCUT2D eigenvalue weighted by Gasteiger charge is -2.12. The predicted octanol–water partition coefficient (Wildman–Crippen LogP) is 4.27. The smallest absolute Gasteiger partial charge is 0.132 e. The number of aryl methyl sites for hydroxylation is 1. The van der Waals surface area contributed by atoms with Gasteiger partial charge in [-0.3, -0.25) is 4.68 Å². The van der Waals surface area contributed by atoms with Gasteiger partial charge in [-0.15, -0.1) is 0 Å². The standard InChI is InChI=1S/C16H21FN2O/c1-4-14(5-2)19-9-8-13(18-19)11-20-15-7-6-12(3)16(17)10-15/h6-10,14H,4-5,11H2,1-3H3. The van der Waals surface area contributed by atoms with E-state index in [-0.39, 0.29) is 5.82 Å². The highest BCUT2D eigenvalue weighted by molar-refractivity contribution is 5.28. The maximum atomic E-state index is 13.4. The molecule has 1 heterocycles. The summed E-state index contributed by atoms with van der Waals surface area (Å²) >= 11 is 0. The van der Waals surface area contributed by atoms with Crippen LogP contribution in [0.5, 0.6) is 5.75 Å². The van der Waals surface area contributed by atoms with E-state index in [4.69, 9.17) is 4.74 Å². The van der Waals surface area contributed by atoms with E-state index in [1.165, 1.54) is 6.07 Å². The summed E-state index contributed by atoms with van der Waals surface area (Å²) in [5, 5.41) is 4.51. The van der Waals surface area contributed by atoms with Gasteiger partial charge in [-0.1, -0.05) is 19.9 Å². The Balaban J connectivity index is 1.98. The predicted molar refractivity (Wildman–Crippen MR) is 77.3 cm³/mol. The van der Waals surface area contributed by atoms with Crippen molar-refractivity contribution in [2.45, 2.75) is 46.3 Å². The fourth-order valence-electron chi connectivity index (χ4n) is 2.14.